The Bertz CT molecular complexity index is 624. The number of halogens is 3. The first-order chi connectivity index (χ1) is 11.2. The van der Waals surface area contributed by atoms with E-state index in [1.807, 2.05) is 30.3 Å². The average molecular weight is 355 g/mol. The van der Waals surface area contributed by atoms with Gasteiger partial charge in [-0.25, -0.2) is 8.78 Å². The van der Waals surface area contributed by atoms with Crippen LogP contribution in [0.4, 0.5) is 8.78 Å². The Labute approximate surface area is 146 Å². The summed E-state index contributed by atoms with van der Waals surface area (Å²) in [7, 11) is 0. The Morgan fingerprint density at radius 1 is 1.04 bits per heavy atom. The maximum atomic E-state index is 14.4. The molecule has 1 heterocycles. The Hall–Kier alpha value is -1.69. The Balaban J connectivity index is 0.00000208. The normalized spacial score (nSPS) is 17.7. The molecule has 0 aliphatic carbocycles. The van der Waals surface area contributed by atoms with E-state index in [-0.39, 0.29) is 36.2 Å². The number of hydrogen-bond acceptors (Lipinski definition) is 3. The monoisotopic (exact) mass is 354 g/mol. The molecule has 1 unspecified atom stereocenters. The zero-order valence-corrected chi connectivity index (χ0v) is 14.0. The highest BCUT2D eigenvalue weighted by Gasteiger charge is 2.22. The van der Waals surface area contributed by atoms with E-state index in [0.29, 0.717) is 6.54 Å². The van der Waals surface area contributed by atoms with Gasteiger partial charge in [0.15, 0.2) is 0 Å². The first-order valence-corrected chi connectivity index (χ1v) is 7.85. The zero-order valence-electron chi connectivity index (χ0n) is 13.2. The van der Waals surface area contributed by atoms with E-state index in [1.54, 1.807) is 0 Å². The molecule has 3 rings (SSSR count). The molecular formula is C18H21ClF2N2O. The molecule has 1 saturated heterocycles. The zero-order chi connectivity index (χ0) is 16.1. The van der Waals surface area contributed by atoms with Crippen molar-refractivity contribution >= 4 is 12.4 Å². The summed E-state index contributed by atoms with van der Waals surface area (Å²) in [5.41, 5.74) is 7.11. The highest BCUT2D eigenvalue weighted by atomic mass is 35.5. The lowest BCUT2D eigenvalue weighted by atomic mass is 9.93. The molecule has 130 valence electrons. The van der Waals surface area contributed by atoms with Gasteiger partial charge in [-0.05, 0) is 18.4 Å². The predicted molar refractivity (Wildman–Crippen MR) is 92.4 cm³/mol. The van der Waals surface area contributed by atoms with Gasteiger partial charge in [0.25, 0.3) is 0 Å². The Morgan fingerprint density at radius 2 is 1.75 bits per heavy atom. The van der Waals surface area contributed by atoms with E-state index in [2.05, 4.69) is 10.9 Å². The van der Waals surface area contributed by atoms with Gasteiger partial charge in [0.05, 0.1) is 0 Å². The molecule has 3 nitrogen and oxygen atoms in total. The Morgan fingerprint density at radius 3 is 2.46 bits per heavy atom. The van der Waals surface area contributed by atoms with Gasteiger partial charge >= 0.3 is 0 Å². The van der Waals surface area contributed by atoms with Gasteiger partial charge in [-0.3, -0.25) is 10.9 Å². The van der Waals surface area contributed by atoms with Gasteiger partial charge in [0.2, 0.25) is 0 Å². The molecule has 0 bridgehead atoms. The van der Waals surface area contributed by atoms with Crippen molar-refractivity contribution in [2.75, 3.05) is 13.1 Å². The quantitative estimate of drug-likeness (QED) is 0.872. The number of ether oxygens (including phenoxy) is 1. The fourth-order valence-electron chi connectivity index (χ4n) is 2.84. The van der Waals surface area contributed by atoms with Gasteiger partial charge in [0, 0.05) is 36.7 Å². The van der Waals surface area contributed by atoms with Crippen molar-refractivity contribution in [1.29, 1.82) is 0 Å². The van der Waals surface area contributed by atoms with Crippen molar-refractivity contribution in [3.8, 4) is 5.75 Å². The fraction of sp³-hybridized carbons (Fsp3) is 0.333. The van der Waals surface area contributed by atoms with Crippen LogP contribution in [0.2, 0.25) is 0 Å². The number of hydrogen-bond donors (Lipinski definition) is 2. The van der Waals surface area contributed by atoms with E-state index >= 15 is 0 Å². The van der Waals surface area contributed by atoms with Crippen molar-refractivity contribution in [3.63, 3.8) is 0 Å². The van der Waals surface area contributed by atoms with Crippen molar-refractivity contribution in [2.24, 2.45) is 0 Å². The second-order valence-corrected chi connectivity index (χ2v) is 5.72. The Kier molecular flexibility index (Phi) is 6.97. The number of benzene rings is 2. The summed E-state index contributed by atoms with van der Waals surface area (Å²) in [4.78, 5) is 0. The molecule has 24 heavy (non-hydrogen) atoms. The van der Waals surface area contributed by atoms with E-state index in [1.165, 1.54) is 12.1 Å². The first kappa shape index (κ1) is 18.6. The van der Waals surface area contributed by atoms with Crippen LogP contribution in [0.3, 0.4) is 0 Å². The van der Waals surface area contributed by atoms with E-state index in [4.69, 9.17) is 4.74 Å². The standard InChI is InChI=1S/C18H20F2N2O.ClH/c19-16-9-15(23-12-13-5-2-1-3-6-13)10-17(20)18(16)14-7-4-8-21-22-11-14;/h1-3,5-6,9-10,14,21-22H,4,7-8,11-12H2;1H. The molecule has 0 amide bonds. The molecule has 0 saturated carbocycles. The van der Waals surface area contributed by atoms with Gasteiger partial charge in [-0.2, -0.15) is 0 Å². The highest BCUT2D eigenvalue weighted by molar-refractivity contribution is 5.85. The minimum Gasteiger partial charge on any atom is -0.489 e. The molecular weight excluding hydrogens is 334 g/mol. The van der Waals surface area contributed by atoms with Crippen LogP contribution in [-0.2, 0) is 6.61 Å². The van der Waals surface area contributed by atoms with Crippen molar-refractivity contribution < 1.29 is 13.5 Å². The maximum Gasteiger partial charge on any atom is 0.133 e. The minimum absolute atomic E-state index is 0. The minimum atomic E-state index is -0.540. The summed E-state index contributed by atoms with van der Waals surface area (Å²) in [6, 6.07) is 12.1. The third-order valence-corrected chi connectivity index (χ3v) is 4.04. The smallest absolute Gasteiger partial charge is 0.133 e. The number of hydrazine groups is 1. The van der Waals surface area contributed by atoms with E-state index < -0.39 is 11.6 Å². The molecule has 2 N–H and O–H groups in total. The first-order valence-electron chi connectivity index (χ1n) is 7.85. The van der Waals surface area contributed by atoms with Crippen LogP contribution in [0.15, 0.2) is 42.5 Å². The molecule has 0 aromatic heterocycles. The summed E-state index contributed by atoms with van der Waals surface area (Å²) in [6.45, 7) is 1.60. The lowest BCUT2D eigenvalue weighted by molar-refractivity contribution is 0.301. The summed E-state index contributed by atoms with van der Waals surface area (Å²) in [6.07, 6.45) is 1.63. The van der Waals surface area contributed by atoms with Crippen LogP contribution >= 0.6 is 12.4 Å². The predicted octanol–water partition coefficient (Wildman–Crippen LogP) is 3.94. The summed E-state index contributed by atoms with van der Waals surface area (Å²) in [5.74, 6) is -1.04. The summed E-state index contributed by atoms with van der Waals surface area (Å²) >= 11 is 0. The fourth-order valence-corrected chi connectivity index (χ4v) is 2.84. The highest BCUT2D eigenvalue weighted by Crippen LogP contribution is 2.30. The average Bonchev–Trinajstić information content (AvgIpc) is 2.83. The van der Waals surface area contributed by atoms with E-state index in [9.17, 15) is 8.78 Å². The van der Waals surface area contributed by atoms with Crippen LogP contribution in [0.1, 0.15) is 29.9 Å². The lowest BCUT2D eigenvalue weighted by Gasteiger charge is -2.17. The summed E-state index contributed by atoms with van der Waals surface area (Å²) in [5, 5.41) is 0. The largest absolute Gasteiger partial charge is 0.489 e. The van der Waals surface area contributed by atoms with Crippen LogP contribution < -0.4 is 15.6 Å². The second-order valence-electron chi connectivity index (χ2n) is 5.72. The third-order valence-electron chi connectivity index (χ3n) is 4.04. The molecule has 0 spiro atoms. The van der Waals surface area contributed by atoms with Gasteiger partial charge < -0.3 is 4.74 Å². The number of rotatable bonds is 4. The third kappa shape index (κ3) is 4.66. The molecule has 2 aromatic rings. The van der Waals surface area contributed by atoms with Crippen LogP contribution in [-0.4, -0.2) is 13.1 Å². The van der Waals surface area contributed by atoms with Crippen LogP contribution in [0.5, 0.6) is 5.75 Å². The second kappa shape index (κ2) is 8.97. The van der Waals surface area contributed by atoms with Crippen molar-refractivity contribution in [3.05, 3.63) is 65.2 Å². The molecule has 0 radical (unpaired) electrons. The topological polar surface area (TPSA) is 33.3 Å². The van der Waals surface area contributed by atoms with Crippen LogP contribution in [0.25, 0.3) is 0 Å². The summed E-state index contributed by atoms with van der Waals surface area (Å²) < 4.78 is 34.3. The SMILES string of the molecule is Cl.Fc1cc(OCc2ccccc2)cc(F)c1C1CCCNNC1. The molecule has 2 aromatic carbocycles. The maximum absolute atomic E-state index is 14.4. The van der Waals surface area contributed by atoms with Crippen molar-refractivity contribution in [2.45, 2.75) is 25.4 Å². The van der Waals surface area contributed by atoms with E-state index in [0.717, 1.165) is 24.9 Å². The molecule has 1 atom stereocenters. The van der Waals surface area contributed by atoms with Crippen LogP contribution in [0, 0.1) is 11.6 Å². The number of nitrogens with one attached hydrogen (secondary N) is 2. The lowest BCUT2D eigenvalue weighted by Crippen LogP contribution is -2.32. The van der Waals surface area contributed by atoms with Gasteiger partial charge in [-0.1, -0.05) is 30.3 Å². The van der Waals surface area contributed by atoms with Gasteiger partial charge in [0.1, 0.15) is 24.0 Å². The molecule has 6 heteroatoms. The van der Waals surface area contributed by atoms with Crippen molar-refractivity contribution in [1.82, 2.24) is 10.9 Å². The van der Waals surface area contributed by atoms with Gasteiger partial charge in [-0.15, -0.1) is 12.4 Å². The molecule has 1 fully saturated rings. The molecule has 1 aliphatic heterocycles. The molecule has 1 aliphatic rings.